The van der Waals surface area contributed by atoms with Gasteiger partial charge in [0.05, 0.1) is 0 Å². The van der Waals surface area contributed by atoms with Crippen molar-refractivity contribution in [3.63, 3.8) is 0 Å². The SMILES string of the molecule is CC(Br)c1cccc2cccc(C(C)Br)c12. The van der Waals surface area contributed by atoms with E-state index in [1.54, 1.807) is 0 Å². The fourth-order valence-corrected chi connectivity index (χ4v) is 2.83. The average molecular weight is 342 g/mol. The molecule has 2 heteroatoms. The molecule has 0 nitrogen and oxygen atoms in total. The molecule has 0 aliphatic heterocycles. The lowest BCUT2D eigenvalue weighted by Crippen LogP contribution is -1.93. The van der Waals surface area contributed by atoms with E-state index in [0.29, 0.717) is 9.65 Å². The fourth-order valence-electron chi connectivity index (χ4n) is 2.06. The molecule has 0 saturated heterocycles. The van der Waals surface area contributed by atoms with Crippen molar-refractivity contribution in [3.05, 3.63) is 47.5 Å². The van der Waals surface area contributed by atoms with Crippen molar-refractivity contribution in [1.29, 1.82) is 0 Å². The standard InChI is InChI=1S/C14H14Br2/c1-9(15)12-7-3-5-11-6-4-8-13(10(2)16)14(11)12/h3-10H,1-2H3. The molecule has 16 heavy (non-hydrogen) atoms. The van der Waals surface area contributed by atoms with Gasteiger partial charge in [-0.15, -0.1) is 0 Å². The van der Waals surface area contributed by atoms with Gasteiger partial charge in [0.25, 0.3) is 0 Å². The summed E-state index contributed by atoms with van der Waals surface area (Å²) in [5, 5.41) is 2.69. The highest BCUT2D eigenvalue weighted by atomic mass is 79.9. The van der Waals surface area contributed by atoms with E-state index in [1.807, 2.05) is 0 Å². The third-order valence-corrected chi connectivity index (χ3v) is 3.81. The minimum atomic E-state index is 0.378. The predicted molar refractivity (Wildman–Crippen MR) is 78.6 cm³/mol. The molecule has 2 aromatic rings. The molecule has 0 aliphatic rings. The Labute approximate surface area is 113 Å². The molecule has 0 saturated carbocycles. The van der Waals surface area contributed by atoms with Crippen LogP contribution in [0.1, 0.15) is 34.6 Å². The van der Waals surface area contributed by atoms with Crippen molar-refractivity contribution in [3.8, 4) is 0 Å². The number of rotatable bonds is 2. The van der Waals surface area contributed by atoms with Crippen LogP contribution >= 0.6 is 31.9 Å². The van der Waals surface area contributed by atoms with Crippen LogP contribution in [0.3, 0.4) is 0 Å². The van der Waals surface area contributed by atoms with Gasteiger partial charge in [-0.25, -0.2) is 0 Å². The first-order valence-electron chi connectivity index (χ1n) is 5.41. The molecular formula is C14H14Br2. The van der Waals surface area contributed by atoms with Crippen LogP contribution in [0.15, 0.2) is 36.4 Å². The summed E-state index contributed by atoms with van der Waals surface area (Å²) in [6, 6.07) is 13.0. The smallest absolute Gasteiger partial charge is 0.0373 e. The number of benzene rings is 2. The largest absolute Gasteiger partial charge is 0.0842 e. The van der Waals surface area contributed by atoms with Gasteiger partial charge in [0, 0.05) is 9.65 Å². The first-order chi connectivity index (χ1) is 7.61. The van der Waals surface area contributed by atoms with Crippen LogP contribution in [0, 0.1) is 0 Å². The maximum atomic E-state index is 3.67. The monoisotopic (exact) mass is 340 g/mol. The number of hydrogen-bond acceptors (Lipinski definition) is 0. The van der Waals surface area contributed by atoms with Gasteiger partial charge in [-0.2, -0.15) is 0 Å². The molecule has 0 heterocycles. The Bertz CT molecular complexity index is 458. The van der Waals surface area contributed by atoms with Crippen molar-refractivity contribution >= 4 is 42.6 Å². The Balaban J connectivity index is 2.82. The van der Waals surface area contributed by atoms with Gasteiger partial charge >= 0.3 is 0 Å². The zero-order valence-corrected chi connectivity index (χ0v) is 12.5. The first kappa shape index (κ1) is 12.1. The number of hydrogen-bond donors (Lipinski definition) is 0. The Morgan fingerprint density at radius 3 is 1.62 bits per heavy atom. The molecule has 0 amide bonds. The molecule has 0 aromatic heterocycles. The molecule has 0 bridgehead atoms. The van der Waals surface area contributed by atoms with E-state index in [1.165, 1.54) is 21.9 Å². The predicted octanol–water partition coefficient (Wildman–Crippen LogP) is 5.75. The Morgan fingerprint density at radius 1 is 0.812 bits per heavy atom. The van der Waals surface area contributed by atoms with E-state index in [-0.39, 0.29) is 0 Å². The van der Waals surface area contributed by atoms with Crippen LogP contribution < -0.4 is 0 Å². The second kappa shape index (κ2) is 4.89. The number of fused-ring (bicyclic) bond motifs is 1. The lowest BCUT2D eigenvalue weighted by atomic mass is 9.96. The van der Waals surface area contributed by atoms with Crippen molar-refractivity contribution in [1.82, 2.24) is 0 Å². The Morgan fingerprint density at radius 2 is 1.25 bits per heavy atom. The van der Waals surface area contributed by atoms with E-state index in [9.17, 15) is 0 Å². The summed E-state index contributed by atoms with van der Waals surface area (Å²) < 4.78 is 0. The Hall–Kier alpha value is -0.340. The lowest BCUT2D eigenvalue weighted by Gasteiger charge is -2.14. The molecule has 2 unspecified atom stereocenters. The van der Waals surface area contributed by atoms with Crippen molar-refractivity contribution in [2.24, 2.45) is 0 Å². The molecule has 0 aliphatic carbocycles. The second-order valence-electron chi connectivity index (χ2n) is 4.02. The van der Waals surface area contributed by atoms with E-state index in [2.05, 4.69) is 82.1 Å². The highest BCUT2D eigenvalue weighted by molar-refractivity contribution is 9.09. The summed E-state index contributed by atoms with van der Waals surface area (Å²) in [6.45, 7) is 4.34. The molecule has 2 atom stereocenters. The molecule has 0 N–H and O–H groups in total. The molecule has 0 fully saturated rings. The van der Waals surface area contributed by atoms with Gasteiger partial charge in [0.15, 0.2) is 0 Å². The average Bonchev–Trinajstić information content (AvgIpc) is 2.27. The van der Waals surface area contributed by atoms with Crippen molar-refractivity contribution < 1.29 is 0 Å². The zero-order chi connectivity index (χ0) is 11.7. The second-order valence-corrected chi connectivity index (χ2v) is 6.77. The Kier molecular flexibility index (Phi) is 3.70. The van der Waals surface area contributed by atoms with E-state index in [0.717, 1.165) is 0 Å². The topological polar surface area (TPSA) is 0 Å². The van der Waals surface area contributed by atoms with Gasteiger partial charge in [-0.1, -0.05) is 68.3 Å². The molecule has 0 spiro atoms. The van der Waals surface area contributed by atoms with E-state index >= 15 is 0 Å². The van der Waals surface area contributed by atoms with Crippen LogP contribution in [0.25, 0.3) is 10.8 Å². The van der Waals surface area contributed by atoms with Crippen LogP contribution in [-0.2, 0) is 0 Å². The summed E-state index contributed by atoms with van der Waals surface area (Å²) >= 11 is 7.34. The maximum Gasteiger partial charge on any atom is 0.0373 e. The highest BCUT2D eigenvalue weighted by Gasteiger charge is 2.12. The molecule has 0 radical (unpaired) electrons. The van der Waals surface area contributed by atoms with Gasteiger partial charge in [0.2, 0.25) is 0 Å². The van der Waals surface area contributed by atoms with Crippen molar-refractivity contribution in [2.75, 3.05) is 0 Å². The first-order valence-corrected chi connectivity index (χ1v) is 7.24. The zero-order valence-electron chi connectivity index (χ0n) is 9.37. The third kappa shape index (κ3) is 2.18. The molecule has 2 aromatic carbocycles. The number of halogens is 2. The van der Waals surface area contributed by atoms with E-state index in [4.69, 9.17) is 0 Å². The summed E-state index contributed by atoms with van der Waals surface area (Å²) in [5.41, 5.74) is 2.72. The van der Waals surface area contributed by atoms with Gasteiger partial charge < -0.3 is 0 Å². The van der Waals surface area contributed by atoms with Gasteiger partial charge in [-0.05, 0) is 35.7 Å². The molecular weight excluding hydrogens is 328 g/mol. The minimum absolute atomic E-state index is 0.378. The summed E-state index contributed by atoms with van der Waals surface area (Å²) in [6.07, 6.45) is 0. The highest BCUT2D eigenvalue weighted by Crippen LogP contribution is 2.36. The summed E-state index contributed by atoms with van der Waals surface area (Å²) in [7, 11) is 0. The fraction of sp³-hybridized carbons (Fsp3) is 0.286. The van der Waals surface area contributed by atoms with Crippen LogP contribution in [0.4, 0.5) is 0 Å². The van der Waals surface area contributed by atoms with Crippen LogP contribution in [0.5, 0.6) is 0 Å². The van der Waals surface area contributed by atoms with Gasteiger partial charge in [0.1, 0.15) is 0 Å². The van der Waals surface area contributed by atoms with E-state index < -0.39 is 0 Å². The molecule has 2 rings (SSSR count). The maximum absolute atomic E-state index is 3.67. The van der Waals surface area contributed by atoms with Crippen LogP contribution in [0.2, 0.25) is 0 Å². The van der Waals surface area contributed by atoms with Gasteiger partial charge in [-0.3, -0.25) is 0 Å². The van der Waals surface area contributed by atoms with Crippen molar-refractivity contribution in [2.45, 2.75) is 23.5 Å². The minimum Gasteiger partial charge on any atom is -0.0842 e. The number of alkyl halides is 2. The third-order valence-electron chi connectivity index (χ3n) is 2.83. The van der Waals surface area contributed by atoms with Crippen LogP contribution in [-0.4, -0.2) is 0 Å². The summed E-state index contributed by atoms with van der Waals surface area (Å²) in [4.78, 5) is 0.757. The molecule has 84 valence electrons. The summed E-state index contributed by atoms with van der Waals surface area (Å²) in [5.74, 6) is 0. The normalized spacial score (nSPS) is 15.0. The lowest BCUT2D eigenvalue weighted by molar-refractivity contribution is 1.11. The quantitative estimate of drug-likeness (QED) is 0.610.